The quantitative estimate of drug-likeness (QED) is 0.492. The summed E-state index contributed by atoms with van der Waals surface area (Å²) in [6, 6.07) is 9.09. The number of piperazine rings is 1. The van der Waals surface area contributed by atoms with Gasteiger partial charge in [-0.05, 0) is 31.3 Å². The summed E-state index contributed by atoms with van der Waals surface area (Å²) in [6.07, 6.45) is 5.05. The van der Waals surface area contributed by atoms with E-state index in [0.29, 0.717) is 28.4 Å². The van der Waals surface area contributed by atoms with E-state index in [4.69, 9.17) is 10.7 Å². The van der Waals surface area contributed by atoms with Crippen LogP contribution < -0.4 is 16.0 Å². The molecule has 4 aromatic heterocycles. The van der Waals surface area contributed by atoms with Crippen molar-refractivity contribution in [3.63, 3.8) is 0 Å². The summed E-state index contributed by atoms with van der Waals surface area (Å²) in [5.41, 5.74) is 8.80. The first kappa shape index (κ1) is 20.8. The number of pyridine rings is 3. The number of rotatable bonds is 4. The van der Waals surface area contributed by atoms with Gasteiger partial charge in [-0.25, -0.2) is 15.0 Å². The minimum Gasteiger partial charge on any atom is -0.383 e. The van der Waals surface area contributed by atoms with Crippen LogP contribution in [0.4, 0.5) is 17.5 Å². The van der Waals surface area contributed by atoms with Crippen LogP contribution in [0.25, 0.3) is 22.2 Å². The van der Waals surface area contributed by atoms with Crippen molar-refractivity contribution in [2.45, 2.75) is 0 Å². The second-order valence-corrected chi connectivity index (χ2v) is 8.17. The van der Waals surface area contributed by atoms with Gasteiger partial charge in [-0.15, -0.1) is 0 Å². The van der Waals surface area contributed by atoms with Crippen molar-refractivity contribution in [1.29, 1.82) is 0 Å². The fourth-order valence-electron chi connectivity index (χ4n) is 3.84. The van der Waals surface area contributed by atoms with Crippen LogP contribution in [0.3, 0.4) is 0 Å². The van der Waals surface area contributed by atoms with Crippen LogP contribution in [0.2, 0.25) is 0 Å². The summed E-state index contributed by atoms with van der Waals surface area (Å²) in [6.45, 7) is 3.71. The molecule has 0 aliphatic carbocycles. The zero-order valence-corrected chi connectivity index (χ0v) is 18.6. The fraction of sp³-hybridized carbons (Fsp3) is 0.261. The van der Waals surface area contributed by atoms with Crippen LogP contribution in [0.15, 0.2) is 48.9 Å². The van der Waals surface area contributed by atoms with Crippen molar-refractivity contribution < 1.29 is 4.79 Å². The maximum atomic E-state index is 12.9. The lowest BCUT2D eigenvalue weighted by atomic mass is 10.1. The largest absolute Gasteiger partial charge is 0.383 e. The van der Waals surface area contributed by atoms with Gasteiger partial charge in [-0.2, -0.15) is 5.10 Å². The third kappa shape index (κ3) is 4.20. The van der Waals surface area contributed by atoms with E-state index in [1.165, 1.54) is 0 Å². The Morgan fingerprint density at radius 1 is 1.03 bits per heavy atom. The molecule has 10 nitrogen and oxygen atoms in total. The van der Waals surface area contributed by atoms with Crippen molar-refractivity contribution in [2.24, 2.45) is 7.05 Å². The Bertz CT molecular complexity index is 1320. The third-order valence-corrected chi connectivity index (χ3v) is 5.91. The Balaban J connectivity index is 1.37. The Morgan fingerprint density at radius 2 is 1.85 bits per heavy atom. The van der Waals surface area contributed by atoms with Crippen molar-refractivity contribution in [1.82, 2.24) is 29.6 Å². The standard InChI is InChI=1S/C23H25N9O/c1-30-7-9-32(10-8-30)21-11-15(5-6-25-21)23(33)29-20-12-19-16(13-26-20)3-4-18(28-19)17-14-27-31(2)22(17)24/h3-6,11-14H,7-10,24H2,1-2H3,(H,26,29,33). The van der Waals surface area contributed by atoms with Gasteiger partial charge in [0, 0.05) is 62.6 Å². The van der Waals surface area contributed by atoms with E-state index < -0.39 is 0 Å². The lowest BCUT2D eigenvalue weighted by molar-refractivity contribution is 0.102. The highest BCUT2D eigenvalue weighted by molar-refractivity contribution is 6.04. The van der Waals surface area contributed by atoms with Crippen LogP contribution in [-0.4, -0.2) is 68.8 Å². The molecule has 0 bridgehead atoms. The maximum absolute atomic E-state index is 12.9. The average Bonchev–Trinajstić information content (AvgIpc) is 3.17. The molecule has 33 heavy (non-hydrogen) atoms. The number of hydrogen-bond acceptors (Lipinski definition) is 8. The minimum atomic E-state index is -0.243. The molecule has 5 rings (SSSR count). The summed E-state index contributed by atoms with van der Waals surface area (Å²) in [5.74, 6) is 1.53. The molecular weight excluding hydrogens is 418 g/mol. The molecule has 1 aliphatic heterocycles. The first-order valence-corrected chi connectivity index (χ1v) is 10.7. The molecule has 10 heteroatoms. The highest BCUT2D eigenvalue weighted by Crippen LogP contribution is 2.26. The van der Waals surface area contributed by atoms with Crippen LogP contribution >= 0.6 is 0 Å². The third-order valence-electron chi connectivity index (χ3n) is 5.91. The Kier molecular flexibility index (Phi) is 5.35. The van der Waals surface area contributed by atoms with Crippen molar-refractivity contribution >= 4 is 34.3 Å². The lowest BCUT2D eigenvalue weighted by Crippen LogP contribution is -2.44. The van der Waals surface area contributed by atoms with Crippen LogP contribution in [0, 0.1) is 0 Å². The van der Waals surface area contributed by atoms with E-state index in [9.17, 15) is 4.79 Å². The van der Waals surface area contributed by atoms with E-state index in [-0.39, 0.29) is 5.91 Å². The van der Waals surface area contributed by atoms with Crippen molar-refractivity contribution in [2.75, 3.05) is 49.2 Å². The number of nitrogen functional groups attached to an aromatic ring is 1. The number of carbonyl (C=O) groups excluding carboxylic acids is 1. The number of likely N-dealkylation sites (N-methyl/N-ethyl adjacent to an activating group) is 1. The minimum absolute atomic E-state index is 0.243. The molecule has 0 radical (unpaired) electrons. The number of nitrogens with two attached hydrogens (primary N) is 1. The first-order chi connectivity index (χ1) is 16.0. The predicted molar refractivity (Wildman–Crippen MR) is 128 cm³/mol. The summed E-state index contributed by atoms with van der Waals surface area (Å²) in [7, 11) is 3.89. The van der Waals surface area contributed by atoms with E-state index >= 15 is 0 Å². The number of aromatic nitrogens is 5. The molecule has 0 aromatic carbocycles. The molecule has 1 fully saturated rings. The second-order valence-electron chi connectivity index (χ2n) is 8.17. The smallest absolute Gasteiger partial charge is 0.257 e. The van der Waals surface area contributed by atoms with Crippen LogP contribution in [0.1, 0.15) is 10.4 Å². The van der Waals surface area contributed by atoms with Gasteiger partial charge in [0.15, 0.2) is 0 Å². The average molecular weight is 444 g/mol. The molecule has 0 atom stereocenters. The summed E-state index contributed by atoms with van der Waals surface area (Å²) in [5, 5.41) is 7.92. The van der Waals surface area contributed by atoms with Gasteiger partial charge < -0.3 is 20.9 Å². The molecule has 1 saturated heterocycles. The number of aryl methyl sites for hydroxylation is 1. The highest BCUT2D eigenvalue weighted by Gasteiger charge is 2.17. The van der Waals surface area contributed by atoms with Crippen molar-refractivity contribution in [3.05, 3.63) is 54.5 Å². The van der Waals surface area contributed by atoms with Gasteiger partial charge in [-0.3, -0.25) is 9.48 Å². The highest BCUT2D eigenvalue weighted by atomic mass is 16.1. The van der Waals surface area contributed by atoms with E-state index in [0.717, 1.165) is 42.9 Å². The van der Waals surface area contributed by atoms with Gasteiger partial charge in [0.05, 0.1) is 23.0 Å². The van der Waals surface area contributed by atoms with E-state index in [1.807, 2.05) is 18.2 Å². The zero-order chi connectivity index (χ0) is 22.9. The number of anilines is 3. The number of nitrogens with one attached hydrogen (secondary N) is 1. The molecule has 5 heterocycles. The van der Waals surface area contributed by atoms with Gasteiger partial charge >= 0.3 is 0 Å². The molecule has 168 valence electrons. The normalized spacial score (nSPS) is 14.5. The summed E-state index contributed by atoms with van der Waals surface area (Å²) >= 11 is 0. The monoisotopic (exact) mass is 443 g/mol. The zero-order valence-electron chi connectivity index (χ0n) is 18.6. The maximum Gasteiger partial charge on any atom is 0.257 e. The molecule has 1 amide bonds. The lowest BCUT2D eigenvalue weighted by Gasteiger charge is -2.33. The van der Waals surface area contributed by atoms with Gasteiger partial charge in [0.25, 0.3) is 5.91 Å². The molecule has 0 unspecified atom stereocenters. The van der Waals surface area contributed by atoms with Crippen LogP contribution in [-0.2, 0) is 7.05 Å². The molecule has 1 aliphatic rings. The fourth-order valence-corrected chi connectivity index (χ4v) is 3.84. The molecular formula is C23H25N9O. The van der Waals surface area contributed by atoms with Crippen LogP contribution in [0.5, 0.6) is 0 Å². The Labute approximate surface area is 191 Å². The summed E-state index contributed by atoms with van der Waals surface area (Å²) < 4.78 is 1.60. The molecule has 0 saturated carbocycles. The topological polar surface area (TPSA) is 118 Å². The number of hydrogen-bond donors (Lipinski definition) is 2. The number of amides is 1. The van der Waals surface area contributed by atoms with E-state index in [2.05, 4.69) is 37.2 Å². The SMILES string of the molecule is CN1CCN(c2cc(C(=O)Nc3cc4nc(-c5cnn(C)c5N)ccc4cn3)ccn2)CC1. The summed E-state index contributed by atoms with van der Waals surface area (Å²) in [4.78, 5) is 30.9. The molecule has 3 N–H and O–H groups in total. The number of nitrogens with zero attached hydrogens (tertiary/aromatic N) is 7. The van der Waals surface area contributed by atoms with Gasteiger partial charge in [-0.1, -0.05) is 0 Å². The van der Waals surface area contributed by atoms with E-state index in [1.54, 1.807) is 42.5 Å². The number of fused-ring (bicyclic) bond motifs is 1. The predicted octanol–water partition coefficient (Wildman–Crippen LogP) is 2.01. The molecule has 4 aromatic rings. The Morgan fingerprint density at radius 3 is 2.61 bits per heavy atom. The second kappa shape index (κ2) is 8.47. The van der Waals surface area contributed by atoms with Crippen molar-refractivity contribution in [3.8, 4) is 11.3 Å². The number of carbonyl (C=O) groups is 1. The Hall–Kier alpha value is -4.05. The van der Waals surface area contributed by atoms with Gasteiger partial charge in [0.1, 0.15) is 17.5 Å². The molecule has 0 spiro atoms. The first-order valence-electron chi connectivity index (χ1n) is 10.7. The van der Waals surface area contributed by atoms with Gasteiger partial charge in [0.2, 0.25) is 0 Å².